The van der Waals surface area contributed by atoms with Gasteiger partial charge in [0.1, 0.15) is 5.00 Å². The number of ether oxygens (including phenoxy) is 1. The lowest BCUT2D eigenvalue weighted by molar-refractivity contribution is 0.0527. The normalized spacial score (nSPS) is 10.4. The molecule has 1 aromatic carbocycles. The van der Waals surface area contributed by atoms with Gasteiger partial charge in [-0.05, 0) is 31.5 Å². The number of hydrogen-bond donors (Lipinski definition) is 2. The number of amides is 2. The molecule has 6 nitrogen and oxygen atoms in total. The quantitative estimate of drug-likeness (QED) is 0.574. The summed E-state index contributed by atoms with van der Waals surface area (Å²) >= 11 is 6.66. The number of rotatable bonds is 5. The first kappa shape index (κ1) is 20.8. The number of nitrogens with one attached hydrogen (secondary N) is 2. The maximum Gasteiger partial charge on any atom is 0.341 e. The number of thiophene rings is 1. The molecule has 0 aliphatic rings. The summed E-state index contributed by atoms with van der Waals surface area (Å²) in [6, 6.07) is 1.32. The van der Waals surface area contributed by atoms with Crippen molar-refractivity contribution in [2.45, 2.75) is 13.8 Å². The monoisotopic (exact) mass is 416 g/mol. The van der Waals surface area contributed by atoms with Crippen LogP contribution < -0.4 is 10.6 Å². The van der Waals surface area contributed by atoms with Crippen molar-refractivity contribution < 1.29 is 27.9 Å². The van der Waals surface area contributed by atoms with E-state index >= 15 is 0 Å². The molecule has 0 spiro atoms. The zero-order valence-electron chi connectivity index (χ0n) is 14.5. The molecule has 2 aromatic rings. The smallest absolute Gasteiger partial charge is 0.341 e. The third-order valence-corrected chi connectivity index (χ3v) is 5.06. The fraction of sp³-hybridized carbons (Fsp3) is 0.235. The first-order chi connectivity index (χ1) is 12.7. The number of hydrogen-bond acceptors (Lipinski definition) is 5. The molecule has 0 saturated heterocycles. The molecule has 1 heterocycles. The predicted octanol–water partition coefficient (Wildman–Crippen LogP) is 3.78. The molecule has 0 aliphatic heterocycles. The third-order valence-electron chi connectivity index (χ3n) is 3.54. The van der Waals surface area contributed by atoms with E-state index in [2.05, 4.69) is 10.6 Å². The second-order valence-corrected chi connectivity index (χ2v) is 6.69. The summed E-state index contributed by atoms with van der Waals surface area (Å²) < 4.78 is 31.6. The first-order valence-corrected chi connectivity index (χ1v) is 8.89. The first-order valence-electron chi connectivity index (χ1n) is 7.69. The zero-order chi connectivity index (χ0) is 20.3. The van der Waals surface area contributed by atoms with Crippen LogP contribution in [0.4, 0.5) is 13.8 Å². The van der Waals surface area contributed by atoms with Crippen LogP contribution in [-0.2, 0) is 4.74 Å². The largest absolute Gasteiger partial charge is 0.462 e. The molecule has 0 fully saturated rings. The standard InChI is InChI=1S/C17H15ClF2N2O4S/c1-4-26-17(25)12-7(2)13(15(24)21-3)27-16(12)22-14(23)8-5-10(19)11(20)6-9(8)18/h5-6H,4H2,1-3H3,(H,21,24)(H,22,23). The van der Waals surface area contributed by atoms with Gasteiger partial charge in [-0.25, -0.2) is 13.6 Å². The minimum Gasteiger partial charge on any atom is -0.462 e. The van der Waals surface area contributed by atoms with Crippen LogP contribution in [0.1, 0.15) is 42.9 Å². The van der Waals surface area contributed by atoms with Gasteiger partial charge < -0.3 is 15.4 Å². The fourth-order valence-corrected chi connectivity index (χ4v) is 3.62. The molecule has 144 valence electrons. The van der Waals surface area contributed by atoms with Crippen LogP contribution in [0.5, 0.6) is 0 Å². The van der Waals surface area contributed by atoms with Gasteiger partial charge in [0.05, 0.1) is 27.6 Å². The Kier molecular flexibility index (Phi) is 6.50. The molecule has 10 heteroatoms. The van der Waals surface area contributed by atoms with Crippen molar-refractivity contribution in [2.24, 2.45) is 0 Å². The fourth-order valence-electron chi connectivity index (χ4n) is 2.25. The lowest BCUT2D eigenvalue weighted by atomic mass is 10.1. The van der Waals surface area contributed by atoms with Crippen LogP contribution in [0.15, 0.2) is 12.1 Å². The lowest BCUT2D eigenvalue weighted by Crippen LogP contribution is -2.18. The molecule has 0 aliphatic carbocycles. The number of benzene rings is 1. The van der Waals surface area contributed by atoms with Crippen molar-refractivity contribution in [3.63, 3.8) is 0 Å². The SMILES string of the molecule is CCOC(=O)c1c(NC(=O)c2cc(F)c(F)cc2Cl)sc(C(=O)NC)c1C. The van der Waals surface area contributed by atoms with Crippen molar-refractivity contribution >= 4 is 45.7 Å². The molecule has 0 bridgehead atoms. The maximum atomic E-state index is 13.4. The zero-order valence-corrected chi connectivity index (χ0v) is 16.1. The van der Waals surface area contributed by atoms with E-state index in [1.807, 2.05) is 0 Å². The van der Waals surface area contributed by atoms with E-state index < -0.39 is 29.4 Å². The van der Waals surface area contributed by atoms with E-state index in [0.717, 1.165) is 11.3 Å². The minimum absolute atomic E-state index is 0.00695. The van der Waals surface area contributed by atoms with Crippen molar-refractivity contribution in [3.05, 3.63) is 50.4 Å². The van der Waals surface area contributed by atoms with Crippen LogP contribution >= 0.6 is 22.9 Å². The maximum absolute atomic E-state index is 13.4. The molecule has 0 atom stereocenters. The van der Waals surface area contributed by atoms with Crippen LogP contribution in [0.2, 0.25) is 5.02 Å². The van der Waals surface area contributed by atoms with Crippen LogP contribution in [0, 0.1) is 18.6 Å². The highest BCUT2D eigenvalue weighted by molar-refractivity contribution is 7.18. The highest BCUT2D eigenvalue weighted by Crippen LogP contribution is 2.34. The lowest BCUT2D eigenvalue weighted by Gasteiger charge is -2.08. The van der Waals surface area contributed by atoms with Crippen molar-refractivity contribution in [1.82, 2.24) is 5.32 Å². The molecule has 27 heavy (non-hydrogen) atoms. The minimum atomic E-state index is -1.25. The summed E-state index contributed by atoms with van der Waals surface area (Å²) in [5.74, 6) is -4.49. The Labute approximate surface area is 162 Å². The average Bonchev–Trinajstić information content (AvgIpc) is 2.93. The van der Waals surface area contributed by atoms with E-state index in [1.165, 1.54) is 14.0 Å². The number of anilines is 1. The van der Waals surface area contributed by atoms with Crippen LogP contribution in [-0.4, -0.2) is 31.4 Å². The molecule has 0 radical (unpaired) electrons. The Balaban J connectivity index is 2.48. The van der Waals surface area contributed by atoms with Gasteiger partial charge in [0, 0.05) is 7.05 Å². The Hall–Kier alpha value is -2.52. The summed E-state index contributed by atoms with van der Waals surface area (Å²) in [6.45, 7) is 3.23. The third kappa shape index (κ3) is 4.25. The second kappa shape index (κ2) is 8.45. The van der Waals surface area contributed by atoms with Crippen LogP contribution in [0.25, 0.3) is 0 Å². The topological polar surface area (TPSA) is 84.5 Å². The number of esters is 1. The Morgan fingerprint density at radius 2 is 1.81 bits per heavy atom. The van der Waals surface area contributed by atoms with Gasteiger partial charge in [-0.2, -0.15) is 0 Å². The van der Waals surface area contributed by atoms with Gasteiger partial charge in [-0.15, -0.1) is 11.3 Å². The van der Waals surface area contributed by atoms with Crippen molar-refractivity contribution in [1.29, 1.82) is 0 Å². The Bertz CT molecular complexity index is 930. The molecule has 2 N–H and O–H groups in total. The van der Waals surface area contributed by atoms with E-state index in [0.29, 0.717) is 17.7 Å². The molecule has 2 amide bonds. The molecule has 2 rings (SSSR count). The van der Waals surface area contributed by atoms with E-state index in [1.54, 1.807) is 6.92 Å². The molecule has 1 aromatic heterocycles. The Morgan fingerprint density at radius 3 is 2.41 bits per heavy atom. The van der Waals surface area contributed by atoms with E-state index in [4.69, 9.17) is 16.3 Å². The molecule has 0 unspecified atom stereocenters. The summed E-state index contributed by atoms with van der Waals surface area (Å²) in [5, 5.41) is 4.59. The molecule has 0 saturated carbocycles. The van der Waals surface area contributed by atoms with Crippen molar-refractivity contribution in [3.8, 4) is 0 Å². The van der Waals surface area contributed by atoms with Gasteiger partial charge in [0.25, 0.3) is 11.8 Å². The highest BCUT2D eigenvalue weighted by Gasteiger charge is 2.27. The number of halogens is 3. The second-order valence-electron chi connectivity index (χ2n) is 5.26. The van der Waals surface area contributed by atoms with E-state index in [9.17, 15) is 23.2 Å². The summed E-state index contributed by atoms with van der Waals surface area (Å²) in [4.78, 5) is 36.9. The number of carbonyl (C=O) groups excluding carboxylic acids is 3. The Morgan fingerprint density at radius 1 is 1.19 bits per heavy atom. The van der Waals surface area contributed by atoms with Gasteiger partial charge >= 0.3 is 5.97 Å². The number of carbonyl (C=O) groups is 3. The summed E-state index contributed by atoms with van der Waals surface area (Å²) in [6.07, 6.45) is 0. The average molecular weight is 417 g/mol. The summed E-state index contributed by atoms with van der Waals surface area (Å²) in [7, 11) is 1.42. The highest BCUT2D eigenvalue weighted by atomic mass is 35.5. The molecular formula is C17H15ClF2N2O4S. The van der Waals surface area contributed by atoms with E-state index in [-0.39, 0.29) is 32.6 Å². The predicted molar refractivity (Wildman–Crippen MR) is 97.7 cm³/mol. The summed E-state index contributed by atoms with van der Waals surface area (Å²) in [5.41, 5.74) is 0.00918. The van der Waals surface area contributed by atoms with Gasteiger partial charge in [-0.1, -0.05) is 11.6 Å². The van der Waals surface area contributed by atoms with Gasteiger partial charge in [0.2, 0.25) is 0 Å². The van der Waals surface area contributed by atoms with Crippen molar-refractivity contribution in [2.75, 3.05) is 19.0 Å². The van der Waals surface area contributed by atoms with Gasteiger partial charge in [0.15, 0.2) is 11.6 Å². The van der Waals surface area contributed by atoms with Crippen LogP contribution in [0.3, 0.4) is 0 Å². The molecular weight excluding hydrogens is 402 g/mol. The van der Waals surface area contributed by atoms with Gasteiger partial charge in [-0.3, -0.25) is 9.59 Å².